The number of pyridine rings is 1. The van der Waals surface area contributed by atoms with E-state index in [4.69, 9.17) is 5.73 Å². The van der Waals surface area contributed by atoms with Crippen molar-refractivity contribution >= 4 is 28.8 Å². The van der Waals surface area contributed by atoms with Crippen LogP contribution in [0.1, 0.15) is 31.9 Å². The first kappa shape index (κ1) is 22.7. The highest BCUT2D eigenvalue weighted by Crippen LogP contribution is 2.22. The number of para-hydroxylation sites is 2. The molecule has 0 saturated heterocycles. The maximum absolute atomic E-state index is 12.6. The molecule has 2 heterocycles. The monoisotopic (exact) mass is 427 g/mol. The molecule has 0 spiro atoms. The van der Waals surface area contributed by atoms with Gasteiger partial charge >= 0.3 is 0 Å². The van der Waals surface area contributed by atoms with Crippen molar-refractivity contribution in [3.63, 3.8) is 0 Å². The first-order valence-corrected chi connectivity index (χ1v) is 10.7. The first-order valence-electron chi connectivity index (χ1n) is 10.7. The Bertz CT molecular complexity index is 1120. The number of nitrogens with one attached hydrogen (secondary N) is 1. The van der Waals surface area contributed by atoms with Crippen LogP contribution in [0.3, 0.4) is 0 Å². The molecule has 0 atom stereocenters. The quantitative estimate of drug-likeness (QED) is 0.433. The van der Waals surface area contributed by atoms with Crippen molar-refractivity contribution in [1.82, 2.24) is 4.98 Å². The van der Waals surface area contributed by atoms with E-state index in [2.05, 4.69) is 41.4 Å². The normalized spacial score (nSPS) is 14.1. The van der Waals surface area contributed by atoms with Crippen LogP contribution >= 0.6 is 0 Å². The zero-order valence-electron chi connectivity index (χ0n) is 18.7. The maximum Gasteiger partial charge on any atom is 0.283 e. The summed E-state index contributed by atoms with van der Waals surface area (Å²) in [5.41, 5.74) is 11.2. The van der Waals surface area contributed by atoms with Crippen LogP contribution in [0.4, 0.5) is 17.2 Å². The van der Waals surface area contributed by atoms with Gasteiger partial charge in [-0.3, -0.25) is 4.79 Å². The fourth-order valence-electron chi connectivity index (χ4n) is 3.29. The Balaban J connectivity index is 0.000000269. The van der Waals surface area contributed by atoms with E-state index in [-0.39, 0.29) is 5.91 Å². The van der Waals surface area contributed by atoms with E-state index in [9.17, 15) is 4.79 Å². The van der Waals surface area contributed by atoms with Crippen LogP contribution in [0.2, 0.25) is 0 Å². The molecule has 4 rings (SSSR count). The van der Waals surface area contributed by atoms with Crippen LogP contribution in [-0.4, -0.2) is 16.6 Å². The first-order chi connectivity index (χ1) is 15.5. The molecule has 6 nitrogen and oxygen atoms in total. The second-order valence-electron chi connectivity index (χ2n) is 7.26. The van der Waals surface area contributed by atoms with Crippen LogP contribution < -0.4 is 16.1 Å². The Kier molecular flexibility index (Phi) is 7.75. The molecule has 0 unspecified atom stereocenters. The lowest BCUT2D eigenvalue weighted by molar-refractivity contribution is -0.114. The van der Waals surface area contributed by atoms with Gasteiger partial charge in [0.1, 0.15) is 0 Å². The number of hydrogen-bond acceptors (Lipinski definition) is 5. The minimum Gasteiger partial charge on any atom is -0.399 e. The lowest BCUT2D eigenvalue weighted by Gasteiger charge is -2.10. The van der Waals surface area contributed by atoms with Crippen molar-refractivity contribution in [2.75, 3.05) is 16.1 Å². The molecule has 164 valence electrons. The van der Waals surface area contributed by atoms with E-state index in [0.717, 1.165) is 24.2 Å². The average Bonchev–Trinajstić information content (AvgIpc) is 3.12. The van der Waals surface area contributed by atoms with Gasteiger partial charge in [-0.2, -0.15) is 10.1 Å². The van der Waals surface area contributed by atoms with Crippen molar-refractivity contribution in [2.24, 2.45) is 5.10 Å². The second-order valence-corrected chi connectivity index (χ2v) is 7.26. The highest BCUT2D eigenvalue weighted by Gasteiger charge is 2.29. The fourth-order valence-corrected chi connectivity index (χ4v) is 3.29. The van der Waals surface area contributed by atoms with Gasteiger partial charge in [0.25, 0.3) is 5.91 Å². The smallest absolute Gasteiger partial charge is 0.283 e. The van der Waals surface area contributed by atoms with Crippen LogP contribution in [0.15, 0.2) is 89.8 Å². The highest BCUT2D eigenvalue weighted by molar-refractivity contribution is 6.29. The molecule has 0 bridgehead atoms. The van der Waals surface area contributed by atoms with E-state index >= 15 is 0 Å². The minimum atomic E-state index is -0.178. The number of aromatic nitrogens is 1. The number of aryl methyl sites for hydroxylation is 2. The topological polar surface area (TPSA) is 83.6 Å². The van der Waals surface area contributed by atoms with E-state index in [1.807, 2.05) is 49.4 Å². The van der Waals surface area contributed by atoms with Gasteiger partial charge in [-0.25, -0.2) is 4.98 Å². The number of carbonyl (C=O) groups is 1. The molecule has 0 fully saturated rings. The molecule has 0 saturated carbocycles. The number of anilines is 3. The summed E-state index contributed by atoms with van der Waals surface area (Å²) in [4.78, 5) is 16.7. The predicted octanol–water partition coefficient (Wildman–Crippen LogP) is 5.19. The SMILES string of the molecule is CCc1ccccc1N.CCc1ccccc1NC=C1C(=O)N(c2ccccn2)N=C1C. The van der Waals surface area contributed by atoms with Crippen LogP contribution in [0.25, 0.3) is 0 Å². The number of hydrogen-bond donors (Lipinski definition) is 2. The number of nitrogens with two attached hydrogens (primary N) is 1. The summed E-state index contributed by atoms with van der Waals surface area (Å²) in [6.07, 6.45) is 5.31. The zero-order valence-corrected chi connectivity index (χ0v) is 18.7. The van der Waals surface area contributed by atoms with Crippen LogP contribution in [0, 0.1) is 0 Å². The van der Waals surface area contributed by atoms with Crippen LogP contribution in [-0.2, 0) is 17.6 Å². The summed E-state index contributed by atoms with van der Waals surface area (Å²) in [5.74, 6) is 0.344. The third kappa shape index (κ3) is 5.40. The summed E-state index contributed by atoms with van der Waals surface area (Å²) in [5, 5.41) is 8.86. The molecule has 1 amide bonds. The number of nitrogen functional groups attached to an aromatic ring is 1. The Hall–Kier alpha value is -3.93. The number of nitrogens with zero attached hydrogens (tertiary/aromatic N) is 3. The molecule has 1 aliphatic rings. The number of benzene rings is 2. The lowest BCUT2D eigenvalue weighted by atomic mass is 10.1. The molecule has 3 aromatic rings. The van der Waals surface area contributed by atoms with Crippen molar-refractivity contribution in [3.8, 4) is 0 Å². The standard InChI is InChI=1S/C18H18N4O.C8H11N/c1-3-14-8-4-5-9-16(14)20-12-15-13(2)21-22(18(15)23)17-10-6-7-11-19-17;1-2-7-5-3-4-6-8(7)9/h4-12,20H,3H2,1-2H3;3-6H,2,9H2,1H3. The number of hydrazone groups is 1. The van der Waals surface area contributed by atoms with Gasteiger partial charge in [-0.15, -0.1) is 0 Å². The second kappa shape index (κ2) is 10.9. The summed E-state index contributed by atoms with van der Waals surface area (Å²) >= 11 is 0. The van der Waals surface area contributed by atoms with Gasteiger partial charge in [0.05, 0.1) is 11.3 Å². The fraction of sp³-hybridized carbons (Fsp3) is 0.192. The van der Waals surface area contributed by atoms with E-state index < -0.39 is 0 Å². The largest absolute Gasteiger partial charge is 0.399 e. The zero-order chi connectivity index (χ0) is 22.9. The van der Waals surface area contributed by atoms with Crippen molar-refractivity contribution in [1.29, 1.82) is 0 Å². The van der Waals surface area contributed by atoms with Crippen molar-refractivity contribution in [3.05, 3.63) is 95.8 Å². The van der Waals surface area contributed by atoms with Gasteiger partial charge < -0.3 is 11.1 Å². The summed E-state index contributed by atoms with van der Waals surface area (Å²) in [6, 6.07) is 21.4. The summed E-state index contributed by atoms with van der Waals surface area (Å²) in [7, 11) is 0. The summed E-state index contributed by atoms with van der Waals surface area (Å²) < 4.78 is 0. The van der Waals surface area contributed by atoms with Gasteiger partial charge in [0, 0.05) is 23.8 Å². The maximum atomic E-state index is 12.6. The Morgan fingerprint density at radius 1 is 0.938 bits per heavy atom. The predicted molar refractivity (Wildman–Crippen MR) is 133 cm³/mol. The highest BCUT2D eigenvalue weighted by atomic mass is 16.2. The molecule has 0 radical (unpaired) electrons. The minimum absolute atomic E-state index is 0.178. The average molecular weight is 428 g/mol. The molecule has 0 aliphatic carbocycles. The lowest BCUT2D eigenvalue weighted by Crippen LogP contribution is -2.22. The summed E-state index contributed by atoms with van der Waals surface area (Å²) in [6.45, 7) is 6.02. The van der Waals surface area contributed by atoms with Gasteiger partial charge in [0.2, 0.25) is 0 Å². The Morgan fingerprint density at radius 2 is 1.59 bits per heavy atom. The molecule has 2 aromatic carbocycles. The third-order valence-electron chi connectivity index (χ3n) is 5.14. The van der Waals surface area contributed by atoms with Crippen molar-refractivity contribution < 1.29 is 4.79 Å². The third-order valence-corrected chi connectivity index (χ3v) is 5.14. The molecular weight excluding hydrogens is 398 g/mol. The van der Waals surface area contributed by atoms with Gasteiger partial charge in [0.15, 0.2) is 5.82 Å². The van der Waals surface area contributed by atoms with E-state index in [1.54, 1.807) is 24.5 Å². The van der Waals surface area contributed by atoms with Crippen molar-refractivity contribution in [2.45, 2.75) is 33.6 Å². The molecule has 1 aromatic heterocycles. The van der Waals surface area contributed by atoms with E-state index in [1.165, 1.54) is 16.1 Å². The van der Waals surface area contributed by atoms with Gasteiger partial charge in [-0.05, 0) is 55.2 Å². The molecule has 3 N–H and O–H groups in total. The number of carbonyl (C=O) groups excluding carboxylic acids is 1. The van der Waals surface area contributed by atoms with Gasteiger partial charge in [-0.1, -0.05) is 56.3 Å². The Labute approximate surface area is 189 Å². The molecule has 32 heavy (non-hydrogen) atoms. The number of amides is 1. The Morgan fingerprint density at radius 3 is 2.22 bits per heavy atom. The van der Waals surface area contributed by atoms with E-state index in [0.29, 0.717) is 17.1 Å². The number of rotatable bonds is 5. The molecule has 6 heteroatoms. The molecular formula is C26H29N5O. The molecule has 1 aliphatic heterocycles. The van der Waals surface area contributed by atoms with Crippen LogP contribution in [0.5, 0.6) is 0 Å².